The van der Waals surface area contributed by atoms with Gasteiger partial charge in [0.15, 0.2) is 0 Å². The zero-order valence-corrected chi connectivity index (χ0v) is 15.9. The molecule has 0 bridgehead atoms. The van der Waals surface area contributed by atoms with Crippen molar-refractivity contribution < 1.29 is 23.9 Å². The molecule has 0 aliphatic carbocycles. The Morgan fingerprint density at radius 2 is 1.82 bits per heavy atom. The number of hydrogen-bond donors (Lipinski definition) is 1. The van der Waals surface area contributed by atoms with Gasteiger partial charge in [-0.15, -0.1) is 0 Å². The third kappa shape index (κ3) is 3.57. The lowest BCUT2D eigenvalue weighted by atomic mass is 10.1. The van der Waals surface area contributed by atoms with Crippen LogP contribution in [0.15, 0.2) is 48.5 Å². The quantitative estimate of drug-likeness (QED) is 0.641. The van der Waals surface area contributed by atoms with Gasteiger partial charge in [0.1, 0.15) is 5.69 Å². The first-order valence-electron chi connectivity index (χ1n) is 8.43. The number of nitrogens with zero attached hydrogens (tertiary/aromatic N) is 1. The fourth-order valence-corrected chi connectivity index (χ4v) is 3.03. The van der Waals surface area contributed by atoms with Gasteiger partial charge in [-0.05, 0) is 25.1 Å². The van der Waals surface area contributed by atoms with Crippen molar-refractivity contribution in [3.05, 3.63) is 64.8 Å². The van der Waals surface area contributed by atoms with Crippen LogP contribution in [-0.4, -0.2) is 36.3 Å². The summed E-state index contributed by atoms with van der Waals surface area (Å²) in [5.41, 5.74) is 0.763. The molecule has 28 heavy (non-hydrogen) atoms. The van der Waals surface area contributed by atoms with Crippen LogP contribution in [0.25, 0.3) is 10.9 Å². The van der Waals surface area contributed by atoms with Crippen molar-refractivity contribution in [2.24, 2.45) is 0 Å². The van der Waals surface area contributed by atoms with Gasteiger partial charge in [-0.3, -0.25) is 10.1 Å². The summed E-state index contributed by atoms with van der Waals surface area (Å²) in [5.74, 6) is -0.465. The highest BCUT2D eigenvalue weighted by atomic mass is 35.5. The summed E-state index contributed by atoms with van der Waals surface area (Å²) in [6.45, 7) is 1.76. The van der Waals surface area contributed by atoms with Crippen molar-refractivity contribution in [1.29, 1.82) is 0 Å². The number of aromatic nitrogens is 1. The molecule has 144 valence electrons. The predicted octanol–water partition coefficient (Wildman–Crippen LogP) is 4.71. The van der Waals surface area contributed by atoms with E-state index in [0.29, 0.717) is 21.5 Å². The van der Waals surface area contributed by atoms with Crippen molar-refractivity contribution >= 4 is 46.2 Å². The number of amides is 1. The summed E-state index contributed by atoms with van der Waals surface area (Å²) in [6, 6.07) is 13.1. The lowest BCUT2D eigenvalue weighted by molar-refractivity contribution is 0.102. The molecule has 0 atom stereocenters. The fraction of sp³-hybridized carbons (Fsp3) is 0.150. The average Bonchev–Trinajstić information content (AvgIpc) is 3.01. The number of hydrogen-bond acceptors (Lipinski definition) is 5. The Morgan fingerprint density at radius 3 is 2.46 bits per heavy atom. The second kappa shape index (κ2) is 8.14. The van der Waals surface area contributed by atoms with Crippen molar-refractivity contribution in [2.75, 3.05) is 19.0 Å². The van der Waals surface area contributed by atoms with Gasteiger partial charge in [-0.25, -0.2) is 14.2 Å². The number of ketones is 1. The van der Waals surface area contributed by atoms with Crippen LogP contribution in [0.4, 0.5) is 15.3 Å². The summed E-state index contributed by atoms with van der Waals surface area (Å²) in [5, 5.41) is 3.34. The van der Waals surface area contributed by atoms with E-state index in [2.05, 4.69) is 10.1 Å². The number of rotatable bonds is 4. The highest BCUT2D eigenvalue weighted by Gasteiger charge is 2.29. The van der Waals surface area contributed by atoms with E-state index in [1.807, 2.05) is 0 Å². The number of carbonyl (C=O) groups is 3. The second-order valence-electron chi connectivity index (χ2n) is 5.73. The maximum absolute atomic E-state index is 13.3. The molecule has 1 aromatic heterocycles. The minimum absolute atomic E-state index is 0.0488. The molecule has 2 aromatic carbocycles. The Morgan fingerprint density at radius 1 is 1.11 bits per heavy atom. The van der Waals surface area contributed by atoms with Gasteiger partial charge >= 0.3 is 12.2 Å². The lowest BCUT2D eigenvalue weighted by Gasteiger charge is -2.10. The number of methoxy groups -OCH3 is 1. The second-order valence-corrected chi connectivity index (χ2v) is 6.17. The third-order valence-corrected chi connectivity index (χ3v) is 4.28. The molecular formula is C20H17ClN2O5. The summed E-state index contributed by atoms with van der Waals surface area (Å²) in [6.07, 6.45) is -1.54. The molecule has 0 saturated heterocycles. The zero-order chi connectivity index (χ0) is 20.3. The maximum Gasteiger partial charge on any atom is 0.419 e. The van der Waals surface area contributed by atoms with Gasteiger partial charge in [-0.2, -0.15) is 0 Å². The smallest absolute Gasteiger partial charge is 0.419 e. The molecule has 1 N–H and O–H groups in total. The van der Waals surface area contributed by atoms with E-state index in [-0.39, 0.29) is 18.0 Å². The Kier molecular flexibility index (Phi) is 5.65. The van der Waals surface area contributed by atoms with E-state index in [4.69, 9.17) is 16.3 Å². The minimum Gasteiger partial charge on any atom is -0.453 e. The van der Waals surface area contributed by atoms with Crippen LogP contribution in [0.1, 0.15) is 23.0 Å². The summed E-state index contributed by atoms with van der Waals surface area (Å²) in [4.78, 5) is 37.9. The first-order chi connectivity index (χ1) is 13.5. The van der Waals surface area contributed by atoms with Gasteiger partial charge in [0.2, 0.25) is 5.78 Å². The van der Waals surface area contributed by atoms with Gasteiger partial charge in [-0.1, -0.05) is 41.9 Å². The van der Waals surface area contributed by atoms with E-state index in [0.717, 1.165) is 4.57 Å². The van der Waals surface area contributed by atoms with Crippen molar-refractivity contribution in [3.8, 4) is 0 Å². The van der Waals surface area contributed by atoms with Crippen LogP contribution >= 0.6 is 11.6 Å². The number of anilines is 1. The molecular weight excluding hydrogens is 384 g/mol. The number of nitrogens with one attached hydrogen (secondary N) is 1. The zero-order valence-electron chi connectivity index (χ0n) is 15.2. The topological polar surface area (TPSA) is 86.6 Å². The molecule has 0 aliphatic rings. The summed E-state index contributed by atoms with van der Waals surface area (Å²) in [7, 11) is 1.20. The molecule has 3 rings (SSSR count). The predicted molar refractivity (Wildman–Crippen MR) is 105 cm³/mol. The molecule has 7 nitrogen and oxygen atoms in total. The van der Waals surface area contributed by atoms with E-state index >= 15 is 0 Å². The molecule has 1 amide bonds. The number of benzene rings is 2. The molecule has 0 radical (unpaired) electrons. The fourth-order valence-electron chi connectivity index (χ4n) is 2.86. The Balaban J connectivity index is 2.35. The molecule has 3 aromatic rings. The van der Waals surface area contributed by atoms with Crippen LogP contribution in [0, 0.1) is 0 Å². The maximum atomic E-state index is 13.3. The van der Waals surface area contributed by atoms with Crippen LogP contribution in [-0.2, 0) is 9.47 Å². The Labute approximate surface area is 165 Å². The monoisotopic (exact) mass is 400 g/mol. The highest BCUT2D eigenvalue weighted by molar-refractivity contribution is 6.32. The largest absolute Gasteiger partial charge is 0.453 e. The minimum atomic E-state index is -0.778. The van der Waals surface area contributed by atoms with Crippen molar-refractivity contribution in [2.45, 2.75) is 6.92 Å². The van der Waals surface area contributed by atoms with Gasteiger partial charge in [0.25, 0.3) is 0 Å². The molecule has 1 heterocycles. The Hall–Kier alpha value is -3.32. The first kappa shape index (κ1) is 19.4. The first-order valence-corrected chi connectivity index (χ1v) is 8.81. The highest BCUT2D eigenvalue weighted by Crippen LogP contribution is 2.35. The van der Waals surface area contributed by atoms with Crippen molar-refractivity contribution in [1.82, 2.24) is 4.57 Å². The van der Waals surface area contributed by atoms with Crippen LogP contribution in [0.3, 0.4) is 0 Å². The molecule has 8 heteroatoms. The number of carbonyl (C=O) groups excluding carboxylic acids is 3. The standard InChI is InChI=1S/C20H17ClN2O5/c1-3-28-20(26)23-15-11-13(21)9-10-14(15)16(22-19(25)27-2)17(23)18(24)12-7-5-4-6-8-12/h4-11H,3H2,1-2H3,(H,22,25). The van der Waals surface area contributed by atoms with E-state index in [9.17, 15) is 14.4 Å². The van der Waals surface area contributed by atoms with E-state index in [1.54, 1.807) is 49.4 Å². The van der Waals surface area contributed by atoms with Crippen LogP contribution in [0.5, 0.6) is 0 Å². The van der Waals surface area contributed by atoms with Gasteiger partial charge < -0.3 is 9.47 Å². The molecule has 0 aliphatic heterocycles. The Bertz CT molecular complexity index is 1060. The number of ether oxygens (including phenoxy) is 2. The molecule has 0 unspecified atom stereocenters. The normalized spacial score (nSPS) is 10.5. The molecule has 0 saturated carbocycles. The average molecular weight is 401 g/mol. The SMILES string of the molecule is CCOC(=O)n1c(C(=O)c2ccccc2)c(NC(=O)OC)c2ccc(Cl)cc21. The number of fused-ring (bicyclic) bond motifs is 1. The third-order valence-electron chi connectivity index (χ3n) is 4.04. The lowest BCUT2D eigenvalue weighted by Crippen LogP contribution is -2.21. The number of halogens is 1. The van der Waals surface area contributed by atoms with Gasteiger partial charge in [0.05, 0.1) is 24.9 Å². The van der Waals surface area contributed by atoms with E-state index < -0.39 is 18.0 Å². The van der Waals surface area contributed by atoms with Gasteiger partial charge in [0, 0.05) is 16.0 Å². The summed E-state index contributed by atoms with van der Waals surface area (Å²) >= 11 is 6.10. The van der Waals surface area contributed by atoms with Crippen LogP contribution < -0.4 is 5.32 Å². The molecule has 0 spiro atoms. The molecule has 0 fully saturated rings. The summed E-state index contributed by atoms with van der Waals surface area (Å²) < 4.78 is 10.9. The van der Waals surface area contributed by atoms with Crippen molar-refractivity contribution in [3.63, 3.8) is 0 Å². The van der Waals surface area contributed by atoms with Crippen LogP contribution in [0.2, 0.25) is 5.02 Å². The van der Waals surface area contributed by atoms with E-state index in [1.165, 1.54) is 13.2 Å².